The molecule has 0 N–H and O–H groups in total. The van der Waals surface area contributed by atoms with Gasteiger partial charge in [0, 0.05) is 26.7 Å². The molecule has 0 aliphatic carbocycles. The summed E-state index contributed by atoms with van der Waals surface area (Å²) in [7, 11) is 1.67. The lowest BCUT2D eigenvalue weighted by Crippen LogP contribution is -2.40. The van der Waals surface area contributed by atoms with Crippen molar-refractivity contribution in [1.29, 1.82) is 0 Å². The van der Waals surface area contributed by atoms with Crippen molar-refractivity contribution < 1.29 is 4.74 Å². The summed E-state index contributed by atoms with van der Waals surface area (Å²) in [6.45, 7) is 5.52. The molecule has 0 bridgehead atoms. The Bertz CT molecular complexity index is 1070. The van der Waals surface area contributed by atoms with E-state index in [4.69, 9.17) is 4.74 Å². The summed E-state index contributed by atoms with van der Waals surface area (Å²) >= 11 is 0. The van der Waals surface area contributed by atoms with E-state index in [2.05, 4.69) is 9.88 Å². The molecule has 1 saturated heterocycles. The third-order valence-corrected chi connectivity index (χ3v) is 5.01. The molecular formula is C19H23N5O3. The van der Waals surface area contributed by atoms with E-state index >= 15 is 0 Å². The Balaban J connectivity index is 1.92. The molecule has 0 spiro atoms. The lowest BCUT2D eigenvalue weighted by molar-refractivity contribution is 0.121. The minimum Gasteiger partial charge on any atom is -0.378 e. The lowest BCUT2D eigenvalue weighted by atomic mass is 10.2. The van der Waals surface area contributed by atoms with Gasteiger partial charge in [0.1, 0.15) is 0 Å². The van der Waals surface area contributed by atoms with E-state index in [-0.39, 0.29) is 17.8 Å². The molecule has 1 aliphatic rings. The predicted octanol–water partition coefficient (Wildman–Crippen LogP) is 0.801. The monoisotopic (exact) mass is 369 g/mol. The molecule has 142 valence electrons. The zero-order valence-electron chi connectivity index (χ0n) is 15.6. The Kier molecular flexibility index (Phi) is 4.57. The van der Waals surface area contributed by atoms with Crippen LogP contribution in [0, 0.1) is 0 Å². The molecule has 0 atom stereocenters. The van der Waals surface area contributed by atoms with Gasteiger partial charge >= 0.3 is 5.69 Å². The number of hydrogen-bond donors (Lipinski definition) is 0. The third-order valence-electron chi connectivity index (χ3n) is 5.01. The number of aryl methyl sites for hydroxylation is 2. The largest absolute Gasteiger partial charge is 0.378 e. The molecule has 0 unspecified atom stereocenters. The van der Waals surface area contributed by atoms with E-state index in [1.54, 1.807) is 7.05 Å². The Morgan fingerprint density at radius 2 is 1.78 bits per heavy atom. The molecule has 0 amide bonds. The van der Waals surface area contributed by atoms with Gasteiger partial charge < -0.3 is 14.2 Å². The topological polar surface area (TPSA) is 74.3 Å². The quantitative estimate of drug-likeness (QED) is 0.680. The molecule has 2 aromatic heterocycles. The number of anilines is 1. The van der Waals surface area contributed by atoms with Crippen LogP contribution in [0.4, 0.5) is 5.95 Å². The minimum absolute atomic E-state index is 0.240. The van der Waals surface area contributed by atoms with Crippen molar-refractivity contribution in [2.75, 3.05) is 31.2 Å². The van der Waals surface area contributed by atoms with Crippen molar-refractivity contribution in [3.8, 4) is 0 Å². The standard InChI is InChI=1S/C19H23N5O3/c1-3-23-15-16(20-18(23)22-9-11-27-12-10-22)21(2)19(26)24(17(15)25)13-14-7-5-4-6-8-14/h4-8H,3,9-13H2,1-2H3. The minimum atomic E-state index is -0.356. The number of imidazole rings is 1. The van der Waals surface area contributed by atoms with Gasteiger partial charge in [-0.05, 0) is 12.5 Å². The molecule has 3 heterocycles. The van der Waals surface area contributed by atoms with Crippen LogP contribution >= 0.6 is 0 Å². The van der Waals surface area contributed by atoms with Gasteiger partial charge in [0.15, 0.2) is 11.2 Å². The summed E-state index contributed by atoms with van der Waals surface area (Å²) < 4.78 is 10.1. The van der Waals surface area contributed by atoms with Gasteiger partial charge in [0.05, 0.1) is 19.8 Å². The van der Waals surface area contributed by atoms with Crippen molar-refractivity contribution in [3.05, 3.63) is 56.7 Å². The Hall–Kier alpha value is -2.87. The number of rotatable bonds is 4. The first-order valence-electron chi connectivity index (χ1n) is 9.18. The molecule has 27 heavy (non-hydrogen) atoms. The summed E-state index contributed by atoms with van der Waals surface area (Å²) in [5.74, 6) is 0.723. The SMILES string of the molecule is CCn1c(N2CCOCC2)nc2c1c(=O)n(Cc1ccccc1)c(=O)n2C. The zero-order valence-corrected chi connectivity index (χ0v) is 15.6. The van der Waals surface area contributed by atoms with Gasteiger partial charge in [0.2, 0.25) is 5.95 Å². The maximum absolute atomic E-state index is 13.2. The van der Waals surface area contributed by atoms with Crippen LogP contribution in [0.1, 0.15) is 12.5 Å². The lowest BCUT2D eigenvalue weighted by Gasteiger charge is -2.27. The first kappa shape index (κ1) is 17.5. The summed E-state index contributed by atoms with van der Waals surface area (Å²) in [5, 5.41) is 0. The van der Waals surface area contributed by atoms with Gasteiger partial charge in [-0.1, -0.05) is 30.3 Å². The summed E-state index contributed by atoms with van der Waals surface area (Å²) in [6, 6.07) is 9.53. The average Bonchev–Trinajstić information content (AvgIpc) is 3.11. The van der Waals surface area contributed by atoms with Crippen molar-refractivity contribution in [1.82, 2.24) is 18.7 Å². The summed E-state index contributed by atoms with van der Waals surface area (Å²) in [6.07, 6.45) is 0. The molecule has 4 rings (SSSR count). The highest BCUT2D eigenvalue weighted by Crippen LogP contribution is 2.20. The Morgan fingerprint density at radius 3 is 2.44 bits per heavy atom. The van der Waals surface area contributed by atoms with Crippen molar-refractivity contribution in [2.24, 2.45) is 7.05 Å². The van der Waals surface area contributed by atoms with Crippen LogP contribution in [-0.2, 0) is 24.9 Å². The van der Waals surface area contributed by atoms with Crippen LogP contribution in [0.15, 0.2) is 39.9 Å². The number of nitrogens with zero attached hydrogens (tertiary/aromatic N) is 5. The van der Waals surface area contributed by atoms with E-state index in [0.29, 0.717) is 30.9 Å². The van der Waals surface area contributed by atoms with Crippen molar-refractivity contribution >= 4 is 17.1 Å². The van der Waals surface area contributed by atoms with Gasteiger partial charge in [0.25, 0.3) is 5.56 Å². The first-order valence-corrected chi connectivity index (χ1v) is 9.18. The van der Waals surface area contributed by atoms with E-state index in [1.807, 2.05) is 41.8 Å². The Morgan fingerprint density at radius 1 is 1.07 bits per heavy atom. The molecule has 3 aromatic rings. The van der Waals surface area contributed by atoms with Crippen LogP contribution in [0.2, 0.25) is 0 Å². The summed E-state index contributed by atoms with van der Waals surface area (Å²) in [4.78, 5) is 32.8. The molecule has 1 fully saturated rings. The van der Waals surface area contributed by atoms with E-state index in [1.165, 1.54) is 9.13 Å². The fraction of sp³-hybridized carbons (Fsp3) is 0.421. The van der Waals surface area contributed by atoms with Crippen LogP contribution in [0.3, 0.4) is 0 Å². The molecule has 0 radical (unpaired) electrons. The smallest absolute Gasteiger partial charge is 0.332 e. The van der Waals surface area contributed by atoms with Crippen LogP contribution < -0.4 is 16.1 Å². The molecule has 1 aromatic carbocycles. The molecule has 8 nitrogen and oxygen atoms in total. The first-order chi connectivity index (χ1) is 13.1. The average molecular weight is 369 g/mol. The van der Waals surface area contributed by atoms with E-state index in [0.717, 1.165) is 24.6 Å². The third kappa shape index (κ3) is 2.95. The van der Waals surface area contributed by atoms with Crippen LogP contribution in [-0.4, -0.2) is 45.0 Å². The maximum Gasteiger partial charge on any atom is 0.332 e. The van der Waals surface area contributed by atoms with Gasteiger partial charge in [-0.15, -0.1) is 0 Å². The van der Waals surface area contributed by atoms with Crippen LogP contribution in [0.5, 0.6) is 0 Å². The van der Waals surface area contributed by atoms with Crippen LogP contribution in [0.25, 0.3) is 11.2 Å². The second-order valence-corrected chi connectivity index (χ2v) is 6.65. The fourth-order valence-electron chi connectivity index (χ4n) is 3.57. The highest BCUT2D eigenvalue weighted by atomic mass is 16.5. The molecule has 8 heteroatoms. The number of aromatic nitrogens is 4. The number of benzene rings is 1. The van der Waals surface area contributed by atoms with E-state index in [9.17, 15) is 9.59 Å². The fourth-order valence-corrected chi connectivity index (χ4v) is 3.57. The maximum atomic E-state index is 13.2. The highest BCUT2D eigenvalue weighted by Gasteiger charge is 2.23. The number of ether oxygens (including phenoxy) is 1. The van der Waals surface area contributed by atoms with Gasteiger partial charge in [-0.2, -0.15) is 4.98 Å². The number of fused-ring (bicyclic) bond motifs is 1. The molecule has 0 saturated carbocycles. The predicted molar refractivity (Wildman–Crippen MR) is 103 cm³/mol. The second kappa shape index (κ2) is 7.03. The highest BCUT2D eigenvalue weighted by molar-refractivity contribution is 5.74. The number of hydrogen-bond acceptors (Lipinski definition) is 5. The number of morpholine rings is 1. The van der Waals surface area contributed by atoms with Crippen molar-refractivity contribution in [2.45, 2.75) is 20.0 Å². The zero-order chi connectivity index (χ0) is 19.0. The molecule has 1 aliphatic heterocycles. The van der Waals surface area contributed by atoms with E-state index < -0.39 is 0 Å². The van der Waals surface area contributed by atoms with Gasteiger partial charge in [-0.3, -0.25) is 13.9 Å². The van der Waals surface area contributed by atoms with Crippen molar-refractivity contribution in [3.63, 3.8) is 0 Å². The normalized spacial score (nSPS) is 14.8. The molecular weight excluding hydrogens is 346 g/mol. The Labute approximate surface area is 156 Å². The van der Waals surface area contributed by atoms with Gasteiger partial charge in [-0.25, -0.2) is 4.79 Å². The summed E-state index contributed by atoms with van der Waals surface area (Å²) in [5.41, 5.74) is 1.15. The second-order valence-electron chi connectivity index (χ2n) is 6.65.